The van der Waals surface area contributed by atoms with Gasteiger partial charge in [-0.15, -0.1) is 0 Å². The van der Waals surface area contributed by atoms with Crippen LogP contribution >= 0.6 is 11.6 Å². The Morgan fingerprint density at radius 1 is 1.07 bits per heavy atom. The highest BCUT2D eigenvalue weighted by Gasteiger charge is 2.38. The highest BCUT2D eigenvalue weighted by Crippen LogP contribution is 2.32. The molecule has 5 rings (SSSR count). The van der Waals surface area contributed by atoms with E-state index in [-0.39, 0.29) is 23.3 Å². The molecular weight excluding hydrogens is 548 g/mol. The molecule has 40 heavy (non-hydrogen) atoms. The van der Waals surface area contributed by atoms with Gasteiger partial charge in [-0.05, 0) is 99.0 Å². The summed E-state index contributed by atoms with van der Waals surface area (Å²) in [5.41, 5.74) is 4.73. The maximum atomic E-state index is 13.7. The molecule has 1 aliphatic carbocycles. The second-order valence-electron chi connectivity index (χ2n) is 11.1. The third-order valence-corrected chi connectivity index (χ3v) is 10.5. The summed E-state index contributed by atoms with van der Waals surface area (Å²) in [5.74, 6) is -0.911. The van der Waals surface area contributed by atoms with Gasteiger partial charge in [0.15, 0.2) is 0 Å². The fraction of sp³-hybridized carbons (Fsp3) is 0.467. The first-order valence-corrected chi connectivity index (χ1v) is 15.9. The molecule has 0 saturated carbocycles. The van der Waals surface area contributed by atoms with Crippen LogP contribution in [0, 0.1) is 13.8 Å². The first kappa shape index (κ1) is 28.6. The molecule has 1 fully saturated rings. The van der Waals surface area contributed by atoms with Crippen molar-refractivity contribution in [2.45, 2.75) is 82.3 Å². The lowest BCUT2D eigenvalue weighted by molar-refractivity contribution is -0.129. The Kier molecular flexibility index (Phi) is 8.54. The molecule has 2 aliphatic heterocycles. The number of hydrogen-bond donors (Lipinski definition) is 2. The standard InChI is InChI=1S/C30H37ClN4O4S/c1-20-16-28(21(2)15-25(20)31)40(38,39)35-14-11-32-30(37)27(35)18-29(36)33-26-8-6-7-23-17-22(9-10-24(23)26)19-34-12-4-3-5-13-34/h9-11,14-17,26-27H,3-8,12-13,18-19H2,1-2H3,(H,32,37)(H,33,36)/t26?,27-/m1/s1. The molecule has 2 atom stereocenters. The molecule has 3 aliphatic rings. The summed E-state index contributed by atoms with van der Waals surface area (Å²) in [6.45, 7) is 6.62. The van der Waals surface area contributed by atoms with Crippen LogP contribution in [-0.2, 0) is 32.6 Å². The van der Waals surface area contributed by atoms with E-state index in [1.54, 1.807) is 19.9 Å². The molecule has 2 aromatic rings. The fourth-order valence-electron chi connectivity index (χ4n) is 6.01. The number of rotatable bonds is 7. The van der Waals surface area contributed by atoms with Gasteiger partial charge in [0.2, 0.25) is 11.8 Å². The van der Waals surface area contributed by atoms with E-state index in [0.717, 1.165) is 48.8 Å². The topological polar surface area (TPSA) is 98.8 Å². The number of halogens is 1. The lowest BCUT2D eigenvalue weighted by atomic mass is 9.86. The number of carbonyl (C=O) groups is 2. The van der Waals surface area contributed by atoms with Crippen molar-refractivity contribution in [1.82, 2.24) is 19.8 Å². The van der Waals surface area contributed by atoms with Gasteiger partial charge >= 0.3 is 0 Å². The minimum atomic E-state index is -4.12. The molecular formula is C30H37ClN4O4S. The van der Waals surface area contributed by atoms with Crippen LogP contribution in [0.1, 0.15) is 72.4 Å². The molecule has 0 bridgehead atoms. The van der Waals surface area contributed by atoms with Crippen molar-refractivity contribution in [3.05, 3.63) is 75.6 Å². The molecule has 8 nitrogen and oxygen atoms in total. The summed E-state index contributed by atoms with van der Waals surface area (Å²) < 4.78 is 28.3. The first-order chi connectivity index (χ1) is 19.1. The van der Waals surface area contributed by atoms with Gasteiger partial charge in [-0.1, -0.05) is 36.2 Å². The molecule has 214 valence electrons. The second-order valence-corrected chi connectivity index (χ2v) is 13.3. The van der Waals surface area contributed by atoms with Crippen molar-refractivity contribution < 1.29 is 18.0 Å². The maximum Gasteiger partial charge on any atom is 0.264 e. The highest BCUT2D eigenvalue weighted by molar-refractivity contribution is 7.89. The van der Waals surface area contributed by atoms with E-state index in [9.17, 15) is 18.0 Å². The first-order valence-electron chi connectivity index (χ1n) is 14.0. The molecule has 2 aromatic carbocycles. The molecule has 1 unspecified atom stereocenters. The quantitative estimate of drug-likeness (QED) is 0.500. The van der Waals surface area contributed by atoms with Crippen LogP contribution in [0.5, 0.6) is 0 Å². The monoisotopic (exact) mass is 584 g/mol. The van der Waals surface area contributed by atoms with Gasteiger partial charge in [0.25, 0.3) is 10.0 Å². The summed E-state index contributed by atoms with van der Waals surface area (Å²) in [7, 11) is -4.12. The van der Waals surface area contributed by atoms with E-state index >= 15 is 0 Å². The molecule has 0 radical (unpaired) electrons. The predicted octanol–water partition coefficient (Wildman–Crippen LogP) is 4.49. The van der Waals surface area contributed by atoms with E-state index in [4.69, 9.17) is 11.6 Å². The minimum absolute atomic E-state index is 0.0562. The molecule has 0 aromatic heterocycles. The van der Waals surface area contributed by atoms with Crippen molar-refractivity contribution in [2.24, 2.45) is 0 Å². The van der Waals surface area contributed by atoms with Crippen LogP contribution < -0.4 is 10.6 Å². The zero-order valence-electron chi connectivity index (χ0n) is 23.1. The van der Waals surface area contributed by atoms with Gasteiger partial charge in [-0.2, -0.15) is 0 Å². The molecule has 10 heteroatoms. The average Bonchev–Trinajstić information content (AvgIpc) is 2.92. The summed E-state index contributed by atoms with van der Waals surface area (Å²) in [4.78, 5) is 28.7. The van der Waals surface area contributed by atoms with Gasteiger partial charge in [0.05, 0.1) is 17.4 Å². The number of nitrogens with one attached hydrogen (secondary N) is 2. The minimum Gasteiger partial charge on any atom is -0.349 e. The Morgan fingerprint density at radius 3 is 2.62 bits per heavy atom. The number of hydrogen-bond acceptors (Lipinski definition) is 5. The average molecular weight is 585 g/mol. The Morgan fingerprint density at radius 2 is 1.85 bits per heavy atom. The molecule has 2 heterocycles. The van der Waals surface area contributed by atoms with Crippen molar-refractivity contribution in [3.8, 4) is 0 Å². The van der Waals surface area contributed by atoms with Gasteiger partial charge in [-0.3, -0.25) is 18.8 Å². The maximum absolute atomic E-state index is 13.7. The Balaban J connectivity index is 1.30. The van der Waals surface area contributed by atoms with Gasteiger partial charge < -0.3 is 10.6 Å². The second kappa shape index (κ2) is 11.9. The molecule has 1 saturated heterocycles. The van der Waals surface area contributed by atoms with Crippen LogP contribution in [0.15, 0.2) is 47.6 Å². The SMILES string of the molecule is Cc1cc(S(=O)(=O)N2C=CNC(=O)[C@H]2CC(=O)NC2CCCc3cc(CN4CCCCC4)ccc32)c(C)cc1Cl. The lowest BCUT2D eigenvalue weighted by Crippen LogP contribution is -2.51. The van der Waals surface area contributed by atoms with E-state index in [1.807, 2.05) is 0 Å². The number of sulfonamides is 1. The Labute approximate surface area is 241 Å². The van der Waals surface area contributed by atoms with Crippen LogP contribution in [0.2, 0.25) is 5.02 Å². The summed E-state index contributed by atoms with van der Waals surface area (Å²) in [6, 6.07) is 8.26. The molecule has 2 N–H and O–H groups in total. The van der Waals surface area contributed by atoms with Gasteiger partial charge in [-0.25, -0.2) is 8.42 Å². The normalized spacial score (nSPS) is 21.6. The van der Waals surface area contributed by atoms with Gasteiger partial charge in [0, 0.05) is 24.0 Å². The number of benzene rings is 2. The van der Waals surface area contributed by atoms with Crippen molar-refractivity contribution >= 4 is 33.4 Å². The Bertz CT molecular complexity index is 1440. The number of piperidine rings is 1. The van der Waals surface area contributed by atoms with Crippen LogP contribution in [-0.4, -0.2) is 48.6 Å². The zero-order valence-corrected chi connectivity index (χ0v) is 24.7. The number of nitrogens with zero attached hydrogens (tertiary/aromatic N) is 2. The molecule has 2 amide bonds. The largest absolute Gasteiger partial charge is 0.349 e. The number of likely N-dealkylation sites (tertiary alicyclic amines) is 1. The number of aryl methyl sites for hydroxylation is 3. The van der Waals surface area contributed by atoms with Crippen LogP contribution in [0.25, 0.3) is 0 Å². The van der Waals surface area contributed by atoms with Crippen LogP contribution in [0.4, 0.5) is 0 Å². The summed E-state index contributed by atoms with van der Waals surface area (Å²) in [6.07, 6.45) is 8.84. The van der Waals surface area contributed by atoms with E-state index in [0.29, 0.717) is 16.1 Å². The smallest absolute Gasteiger partial charge is 0.264 e. The summed E-state index contributed by atoms with van der Waals surface area (Å²) >= 11 is 6.18. The van der Waals surface area contributed by atoms with E-state index < -0.39 is 22.0 Å². The summed E-state index contributed by atoms with van der Waals surface area (Å²) in [5, 5.41) is 6.11. The predicted molar refractivity (Wildman–Crippen MR) is 155 cm³/mol. The van der Waals surface area contributed by atoms with Gasteiger partial charge in [0.1, 0.15) is 6.04 Å². The number of carbonyl (C=O) groups excluding carboxylic acids is 2. The van der Waals surface area contributed by atoms with E-state index in [2.05, 4.69) is 33.7 Å². The number of fused-ring (bicyclic) bond motifs is 1. The van der Waals surface area contributed by atoms with Crippen LogP contribution in [0.3, 0.4) is 0 Å². The number of amides is 2. The molecule has 0 spiro atoms. The van der Waals surface area contributed by atoms with E-state index in [1.165, 1.54) is 48.9 Å². The fourth-order valence-corrected chi connectivity index (χ4v) is 7.97. The van der Waals surface area contributed by atoms with Crippen molar-refractivity contribution in [1.29, 1.82) is 0 Å². The van der Waals surface area contributed by atoms with Crippen molar-refractivity contribution in [2.75, 3.05) is 13.1 Å². The third-order valence-electron chi connectivity index (χ3n) is 8.16. The third kappa shape index (κ3) is 6.06. The van der Waals surface area contributed by atoms with Crippen molar-refractivity contribution in [3.63, 3.8) is 0 Å². The highest BCUT2D eigenvalue weighted by atomic mass is 35.5. The zero-order chi connectivity index (χ0) is 28.4. The lowest BCUT2D eigenvalue weighted by Gasteiger charge is -2.33. The Hall–Kier alpha value is -2.88.